The number of ether oxygens (including phenoxy) is 1. The third-order valence-electron chi connectivity index (χ3n) is 3.84. The zero-order valence-corrected chi connectivity index (χ0v) is 12.7. The predicted octanol–water partition coefficient (Wildman–Crippen LogP) is 3.21. The smallest absolute Gasteiger partial charge is 0.137 e. The Bertz CT molecular complexity index is 465. The van der Waals surface area contributed by atoms with Crippen molar-refractivity contribution >= 4 is 16.5 Å². The molecule has 2 rings (SSSR count). The van der Waals surface area contributed by atoms with Gasteiger partial charge in [-0.25, -0.2) is 0 Å². The monoisotopic (exact) mass is 281 g/mol. The first kappa shape index (κ1) is 14.4. The fourth-order valence-electron chi connectivity index (χ4n) is 3.08. The molecule has 1 aliphatic carbocycles. The Kier molecular flexibility index (Phi) is 4.50. The third kappa shape index (κ3) is 3.30. The minimum atomic E-state index is -1.01. The lowest BCUT2D eigenvalue weighted by molar-refractivity contribution is 0.305. The second-order valence-corrected chi connectivity index (χ2v) is 7.45. The molecule has 1 aromatic carbocycles. The molecule has 1 saturated carbocycles. The van der Waals surface area contributed by atoms with E-state index in [1.54, 1.807) is 19.2 Å². The number of rotatable bonds is 3. The molecule has 0 radical (unpaired) electrons. The van der Waals surface area contributed by atoms with Crippen LogP contribution in [0, 0.1) is 11.8 Å². The number of nitrogen functional groups attached to an aromatic ring is 1. The van der Waals surface area contributed by atoms with Crippen molar-refractivity contribution in [1.29, 1.82) is 0 Å². The number of hydrogen-bond donors (Lipinski definition) is 1. The highest BCUT2D eigenvalue weighted by atomic mass is 32.2. The SMILES string of the molecule is COc1cc(N)ccc1S(=O)C1CC(C)CC(C)C1. The van der Waals surface area contributed by atoms with E-state index in [9.17, 15) is 4.21 Å². The number of nitrogens with two attached hydrogens (primary N) is 1. The van der Waals surface area contributed by atoms with Crippen molar-refractivity contribution in [3.8, 4) is 5.75 Å². The first-order valence-corrected chi connectivity index (χ1v) is 8.06. The summed E-state index contributed by atoms with van der Waals surface area (Å²) >= 11 is 0. The number of hydrogen-bond acceptors (Lipinski definition) is 3. The van der Waals surface area contributed by atoms with Crippen molar-refractivity contribution in [3.05, 3.63) is 18.2 Å². The first-order valence-electron chi connectivity index (χ1n) is 6.85. The van der Waals surface area contributed by atoms with Gasteiger partial charge in [-0.3, -0.25) is 4.21 Å². The normalized spacial score (nSPS) is 28.9. The molecule has 106 valence electrons. The Labute approximate surface area is 118 Å². The number of anilines is 1. The summed E-state index contributed by atoms with van der Waals surface area (Å²) in [6, 6.07) is 5.39. The average Bonchev–Trinajstić information content (AvgIpc) is 2.36. The summed E-state index contributed by atoms with van der Waals surface area (Å²) in [5.74, 6) is 1.94. The first-order chi connectivity index (χ1) is 9.01. The zero-order chi connectivity index (χ0) is 14.0. The van der Waals surface area contributed by atoms with E-state index in [1.807, 2.05) is 6.07 Å². The Morgan fingerprint density at radius 3 is 2.42 bits per heavy atom. The Morgan fingerprint density at radius 1 is 1.21 bits per heavy atom. The van der Waals surface area contributed by atoms with Crippen molar-refractivity contribution in [2.75, 3.05) is 12.8 Å². The van der Waals surface area contributed by atoms with Crippen LogP contribution in [0.5, 0.6) is 5.75 Å². The Balaban J connectivity index is 2.24. The highest BCUT2D eigenvalue weighted by Crippen LogP contribution is 2.35. The van der Waals surface area contributed by atoms with E-state index in [0.717, 1.165) is 17.7 Å². The van der Waals surface area contributed by atoms with Crippen LogP contribution in [-0.4, -0.2) is 16.6 Å². The van der Waals surface area contributed by atoms with Crippen molar-refractivity contribution in [2.24, 2.45) is 11.8 Å². The maximum Gasteiger partial charge on any atom is 0.137 e. The topological polar surface area (TPSA) is 52.3 Å². The molecule has 0 bridgehead atoms. The van der Waals surface area contributed by atoms with Crippen LogP contribution >= 0.6 is 0 Å². The zero-order valence-electron chi connectivity index (χ0n) is 11.9. The molecule has 0 aromatic heterocycles. The Morgan fingerprint density at radius 2 is 1.84 bits per heavy atom. The predicted molar refractivity (Wildman–Crippen MR) is 79.8 cm³/mol. The van der Waals surface area contributed by atoms with E-state index in [4.69, 9.17) is 10.5 Å². The van der Waals surface area contributed by atoms with Crippen LogP contribution in [0.4, 0.5) is 5.69 Å². The Hall–Kier alpha value is -1.03. The molecule has 0 amide bonds. The lowest BCUT2D eigenvalue weighted by Crippen LogP contribution is -2.27. The molecule has 3 nitrogen and oxygen atoms in total. The van der Waals surface area contributed by atoms with Gasteiger partial charge in [0, 0.05) is 17.0 Å². The van der Waals surface area contributed by atoms with Gasteiger partial charge in [0.1, 0.15) is 5.75 Å². The summed E-state index contributed by atoms with van der Waals surface area (Å²) in [7, 11) is 0.587. The van der Waals surface area contributed by atoms with Gasteiger partial charge in [0.2, 0.25) is 0 Å². The summed E-state index contributed by atoms with van der Waals surface area (Å²) in [5.41, 5.74) is 6.39. The van der Waals surface area contributed by atoms with Crippen molar-refractivity contribution < 1.29 is 8.95 Å². The minimum absolute atomic E-state index is 0.233. The van der Waals surface area contributed by atoms with Crippen molar-refractivity contribution in [2.45, 2.75) is 43.3 Å². The molecular formula is C15H23NO2S. The molecule has 0 spiro atoms. The van der Waals surface area contributed by atoms with E-state index in [1.165, 1.54) is 6.42 Å². The number of methoxy groups -OCH3 is 1. The molecule has 0 heterocycles. The van der Waals surface area contributed by atoms with Gasteiger partial charge in [-0.15, -0.1) is 0 Å². The molecular weight excluding hydrogens is 258 g/mol. The van der Waals surface area contributed by atoms with E-state index in [2.05, 4.69) is 13.8 Å². The van der Waals surface area contributed by atoms with Crippen LogP contribution in [0.25, 0.3) is 0 Å². The summed E-state index contributed by atoms with van der Waals surface area (Å²) in [4.78, 5) is 0.781. The maximum absolute atomic E-state index is 12.8. The van der Waals surface area contributed by atoms with Gasteiger partial charge in [-0.2, -0.15) is 0 Å². The molecule has 2 N–H and O–H groups in total. The highest BCUT2D eigenvalue weighted by molar-refractivity contribution is 7.85. The van der Waals surface area contributed by atoms with Crippen molar-refractivity contribution in [1.82, 2.24) is 0 Å². The molecule has 3 unspecified atom stereocenters. The van der Waals surface area contributed by atoms with E-state index >= 15 is 0 Å². The third-order valence-corrected chi connectivity index (χ3v) is 5.60. The maximum atomic E-state index is 12.8. The molecule has 1 fully saturated rings. The second kappa shape index (κ2) is 5.95. The molecule has 4 heteroatoms. The summed E-state index contributed by atoms with van der Waals surface area (Å²) in [6.45, 7) is 4.50. The van der Waals surface area contributed by atoms with Gasteiger partial charge in [-0.05, 0) is 43.2 Å². The van der Waals surface area contributed by atoms with Crippen LogP contribution in [0.1, 0.15) is 33.1 Å². The van der Waals surface area contributed by atoms with Crippen LogP contribution in [0.3, 0.4) is 0 Å². The summed E-state index contributed by atoms with van der Waals surface area (Å²) in [6.07, 6.45) is 3.31. The quantitative estimate of drug-likeness (QED) is 0.866. The highest BCUT2D eigenvalue weighted by Gasteiger charge is 2.30. The fraction of sp³-hybridized carbons (Fsp3) is 0.600. The average molecular weight is 281 g/mol. The van der Waals surface area contributed by atoms with Gasteiger partial charge < -0.3 is 10.5 Å². The van der Waals surface area contributed by atoms with Crippen molar-refractivity contribution in [3.63, 3.8) is 0 Å². The second-order valence-electron chi connectivity index (χ2n) is 5.75. The van der Waals surface area contributed by atoms with Crippen LogP contribution in [0.15, 0.2) is 23.1 Å². The molecule has 1 aliphatic rings. The molecule has 1 aromatic rings. The number of benzene rings is 1. The van der Waals surface area contributed by atoms with Gasteiger partial charge in [0.25, 0.3) is 0 Å². The lowest BCUT2D eigenvalue weighted by Gasteiger charge is -2.31. The molecule has 0 aliphatic heterocycles. The standard InChI is InChI=1S/C15H23NO2S/c1-10-6-11(2)8-13(7-10)19(17)15-5-4-12(16)9-14(15)18-3/h4-5,9-11,13H,6-8,16H2,1-3H3. The molecule has 3 atom stereocenters. The molecule has 19 heavy (non-hydrogen) atoms. The lowest BCUT2D eigenvalue weighted by atomic mass is 9.83. The largest absolute Gasteiger partial charge is 0.495 e. The summed E-state index contributed by atoms with van der Waals surface area (Å²) in [5, 5.41) is 0.233. The van der Waals surface area contributed by atoms with Crippen LogP contribution in [0.2, 0.25) is 0 Å². The van der Waals surface area contributed by atoms with Gasteiger partial charge in [-0.1, -0.05) is 13.8 Å². The van der Waals surface area contributed by atoms with Gasteiger partial charge in [0.15, 0.2) is 0 Å². The molecule has 0 saturated heterocycles. The van der Waals surface area contributed by atoms with E-state index in [0.29, 0.717) is 23.3 Å². The minimum Gasteiger partial charge on any atom is -0.495 e. The van der Waals surface area contributed by atoms with Crippen LogP contribution in [-0.2, 0) is 10.8 Å². The van der Waals surface area contributed by atoms with E-state index < -0.39 is 10.8 Å². The van der Waals surface area contributed by atoms with Crippen LogP contribution < -0.4 is 10.5 Å². The summed E-state index contributed by atoms with van der Waals surface area (Å²) < 4.78 is 18.1. The van der Waals surface area contributed by atoms with Gasteiger partial charge >= 0.3 is 0 Å². The fourth-order valence-corrected chi connectivity index (χ4v) is 4.99. The van der Waals surface area contributed by atoms with E-state index in [-0.39, 0.29) is 5.25 Å². The van der Waals surface area contributed by atoms with Gasteiger partial charge in [0.05, 0.1) is 22.8 Å².